The minimum atomic E-state index is -0.230. The van der Waals surface area contributed by atoms with Crippen molar-refractivity contribution < 1.29 is 4.79 Å². The lowest BCUT2D eigenvalue weighted by Crippen LogP contribution is -2.28. The van der Waals surface area contributed by atoms with Crippen LogP contribution in [0.15, 0.2) is 0 Å². The molecule has 0 aromatic heterocycles. The maximum atomic E-state index is 11.0. The fraction of sp³-hybridized carbons (Fsp3) is 0.933. The maximum absolute atomic E-state index is 11.0. The molecule has 0 aromatic rings. The summed E-state index contributed by atoms with van der Waals surface area (Å²) in [5.41, 5.74) is 5.75. The van der Waals surface area contributed by atoms with E-state index in [1.165, 1.54) is 44.9 Å². The largest absolute Gasteiger partial charge is 0.322 e. The Hall–Kier alpha value is -0.370. The van der Waals surface area contributed by atoms with E-state index in [1.807, 2.05) is 0 Å². The summed E-state index contributed by atoms with van der Waals surface area (Å²) in [4.78, 5) is 11.0. The highest BCUT2D eigenvalue weighted by atomic mass is 16.1. The number of carbonyl (C=O) groups excluding carboxylic acids is 1. The predicted molar refractivity (Wildman–Crippen MR) is 72.9 cm³/mol. The molecule has 0 radical (unpaired) electrons. The van der Waals surface area contributed by atoms with Gasteiger partial charge < -0.3 is 5.73 Å². The molecule has 0 bridgehead atoms. The smallest absolute Gasteiger partial charge is 0.146 e. The van der Waals surface area contributed by atoms with Crippen LogP contribution in [0.4, 0.5) is 0 Å². The normalized spacial score (nSPS) is 21.1. The van der Waals surface area contributed by atoms with Gasteiger partial charge in [-0.25, -0.2) is 0 Å². The standard InChI is InChI=1S/C15H29NO/c1-12(9-11-15(16)13(2)17)8-10-14-6-4-3-5-7-14/h12,14-15H,3-11,16H2,1-2H3/t12-,15+/m1/s1. The molecule has 0 amide bonds. The summed E-state index contributed by atoms with van der Waals surface area (Å²) in [6.07, 6.45) is 11.9. The van der Waals surface area contributed by atoms with Gasteiger partial charge in [0.15, 0.2) is 0 Å². The molecule has 0 saturated heterocycles. The second kappa shape index (κ2) is 7.86. The molecule has 2 atom stereocenters. The third kappa shape index (κ3) is 6.21. The molecular formula is C15H29NO. The molecule has 0 aliphatic heterocycles. The van der Waals surface area contributed by atoms with E-state index in [-0.39, 0.29) is 11.8 Å². The number of Topliss-reactive ketones (excluding diaryl/α,β-unsaturated/α-hetero) is 1. The van der Waals surface area contributed by atoms with Crippen molar-refractivity contribution in [2.24, 2.45) is 17.6 Å². The van der Waals surface area contributed by atoms with Crippen LogP contribution < -0.4 is 5.73 Å². The molecule has 1 rings (SSSR count). The van der Waals surface area contributed by atoms with Crippen LogP contribution in [0.25, 0.3) is 0 Å². The second-order valence-corrected chi connectivity index (χ2v) is 5.98. The Morgan fingerprint density at radius 1 is 1.18 bits per heavy atom. The van der Waals surface area contributed by atoms with Crippen LogP contribution in [0.1, 0.15) is 71.6 Å². The number of hydrogen-bond acceptors (Lipinski definition) is 2. The first-order valence-electron chi connectivity index (χ1n) is 7.35. The Bertz CT molecular complexity index is 221. The lowest BCUT2D eigenvalue weighted by molar-refractivity contribution is -0.118. The van der Waals surface area contributed by atoms with Crippen molar-refractivity contribution in [1.82, 2.24) is 0 Å². The van der Waals surface area contributed by atoms with Gasteiger partial charge in [-0.2, -0.15) is 0 Å². The molecule has 1 saturated carbocycles. The Labute approximate surface area is 106 Å². The van der Waals surface area contributed by atoms with Crippen molar-refractivity contribution >= 4 is 5.78 Å². The second-order valence-electron chi connectivity index (χ2n) is 5.98. The van der Waals surface area contributed by atoms with Crippen LogP contribution >= 0.6 is 0 Å². The fourth-order valence-corrected chi connectivity index (χ4v) is 2.81. The lowest BCUT2D eigenvalue weighted by atomic mass is 9.83. The average molecular weight is 239 g/mol. The van der Waals surface area contributed by atoms with Crippen molar-refractivity contribution in [2.45, 2.75) is 77.7 Å². The average Bonchev–Trinajstić information content (AvgIpc) is 2.34. The third-order valence-electron chi connectivity index (χ3n) is 4.29. The van der Waals surface area contributed by atoms with E-state index < -0.39 is 0 Å². The maximum Gasteiger partial charge on any atom is 0.146 e. The topological polar surface area (TPSA) is 43.1 Å². The van der Waals surface area contributed by atoms with E-state index in [2.05, 4.69) is 6.92 Å². The molecular weight excluding hydrogens is 210 g/mol. The van der Waals surface area contributed by atoms with E-state index in [0.717, 1.165) is 24.7 Å². The third-order valence-corrected chi connectivity index (χ3v) is 4.29. The van der Waals surface area contributed by atoms with Crippen LogP contribution in [0.2, 0.25) is 0 Å². The number of nitrogens with two attached hydrogens (primary N) is 1. The van der Waals surface area contributed by atoms with Gasteiger partial charge in [0.2, 0.25) is 0 Å². The molecule has 0 aromatic carbocycles. The minimum absolute atomic E-state index is 0.129. The lowest BCUT2D eigenvalue weighted by Gasteiger charge is -2.23. The van der Waals surface area contributed by atoms with Crippen molar-refractivity contribution in [3.8, 4) is 0 Å². The van der Waals surface area contributed by atoms with E-state index in [4.69, 9.17) is 5.73 Å². The highest BCUT2D eigenvalue weighted by molar-refractivity contribution is 5.80. The first-order valence-corrected chi connectivity index (χ1v) is 7.35. The highest BCUT2D eigenvalue weighted by Gasteiger charge is 2.15. The molecule has 0 spiro atoms. The quantitative estimate of drug-likeness (QED) is 0.736. The van der Waals surface area contributed by atoms with Gasteiger partial charge in [-0.05, 0) is 31.6 Å². The molecule has 2 nitrogen and oxygen atoms in total. The summed E-state index contributed by atoms with van der Waals surface area (Å²) >= 11 is 0. The summed E-state index contributed by atoms with van der Waals surface area (Å²) in [7, 11) is 0. The Morgan fingerprint density at radius 3 is 2.41 bits per heavy atom. The Balaban J connectivity index is 2.07. The summed E-state index contributed by atoms with van der Waals surface area (Å²) in [5.74, 6) is 1.83. The fourth-order valence-electron chi connectivity index (χ4n) is 2.81. The zero-order chi connectivity index (χ0) is 12.7. The summed E-state index contributed by atoms with van der Waals surface area (Å²) < 4.78 is 0. The van der Waals surface area contributed by atoms with Gasteiger partial charge in [-0.3, -0.25) is 4.79 Å². The summed E-state index contributed by atoms with van der Waals surface area (Å²) in [5, 5.41) is 0. The molecule has 2 heteroatoms. The van der Waals surface area contributed by atoms with Crippen molar-refractivity contribution in [3.05, 3.63) is 0 Å². The molecule has 0 heterocycles. The van der Waals surface area contributed by atoms with E-state index >= 15 is 0 Å². The Morgan fingerprint density at radius 2 is 1.82 bits per heavy atom. The van der Waals surface area contributed by atoms with Gasteiger partial charge in [0.25, 0.3) is 0 Å². The minimum Gasteiger partial charge on any atom is -0.322 e. The summed E-state index contributed by atoms with van der Waals surface area (Å²) in [6, 6.07) is -0.230. The van der Waals surface area contributed by atoms with Crippen molar-refractivity contribution in [2.75, 3.05) is 0 Å². The number of carbonyl (C=O) groups is 1. The molecule has 1 fully saturated rings. The zero-order valence-electron chi connectivity index (χ0n) is 11.6. The van der Waals surface area contributed by atoms with E-state index in [9.17, 15) is 4.79 Å². The predicted octanol–water partition coefficient (Wildman–Crippen LogP) is 3.68. The van der Waals surface area contributed by atoms with Gasteiger partial charge in [0.05, 0.1) is 6.04 Å². The van der Waals surface area contributed by atoms with Crippen molar-refractivity contribution in [1.29, 1.82) is 0 Å². The van der Waals surface area contributed by atoms with Gasteiger partial charge in [0.1, 0.15) is 5.78 Å². The highest BCUT2D eigenvalue weighted by Crippen LogP contribution is 2.29. The van der Waals surface area contributed by atoms with Crippen LogP contribution in [0, 0.1) is 11.8 Å². The van der Waals surface area contributed by atoms with Crippen LogP contribution in [0.3, 0.4) is 0 Å². The molecule has 1 aliphatic rings. The van der Waals surface area contributed by atoms with Gasteiger partial charge >= 0.3 is 0 Å². The van der Waals surface area contributed by atoms with E-state index in [1.54, 1.807) is 6.92 Å². The first kappa shape index (κ1) is 14.7. The van der Waals surface area contributed by atoms with Crippen LogP contribution in [-0.4, -0.2) is 11.8 Å². The first-order chi connectivity index (χ1) is 8.09. The molecule has 2 N–H and O–H groups in total. The van der Waals surface area contributed by atoms with Gasteiger partial charge in [-0.15, -0.1) is 0 Å². The van der Waals surface area contributed by atoms with Gasteiger partial charge in [-0.1, -0.05) is 51.9 Å². The zero-order valence-corrected chi connectivity index (χ0v) is 11.6. The SMILES string of the molecule is CC(=O)[C@@H](N)CC[C@H](C)CCC1CCCCC1. The number of hydrogen-bond donors (Lipinski definition) is 1. The monoisotopic (exact) mass is 239 g/mol. The number of rotatable bonds is 7. The molecule has 17 heavy (non-hydrogen) atoms. The van der Waals surface area contributed by atoms with Crippen LogP contribution in [-0.2, 0) is 4.79 Å². The molecule has 100 valence electrons. The van der Waals surface area contributed by atoms with Crippen molar-refractivity contribution in [3.63, 3.8) is 0 Å². The van der Waals surface area contributed by atoms with Gasteiger partial charge in [0, 0.05) is 0 Å². The Kier molecular flexibility index (Phi) is 6.79. The number of ketones is 1. The molecule has 0 unspecified atom stereocenters. The van der Waals surface area contributed by atoms with E-state index in [0.29, 0.717) is 0 Å². The van der Waals surface area contributed by atoms with Crippen LogP contribution in [0.5, 0.6) is 0 Å². The molecule has 1 aliphatic carbocycles. The summed E-state index contributed by atoms with van der Waals surface area (Å²) in [6.45, 7) is 3.90.